The lowest BCUT2D eigenvalue weighted by Crippen LogP contribution is -2.34. The van der Waals surface area contributed by atoms with Gasteiger partial charge in [0.1, 0.15) is 5.69 Å². The summed E-state index contributed by atoms with van der Waals surface area (Å²) >= 11 is 0. The third kappa shape index (κ3) is 6.04. The lowest BCUT2D eigenvalue weighted by molar-refractivity contribution is -0.384. The van der Waals surface area contributed by atoms with E-state index < -0.39 is 20.9 Å². The van der Waals surface area contributed by atoms with Crippen LogP contribution in [0.3, 0.4) is 0 Å². The van der Waals surface area contributed by atoms with Gasteiger partial charge in [0.15, 0.2) is 0 Å². The molecule has 1 atom stereocenters. The predicted molar refractivity (Wildman–Crippen MR) is 123 cm³/mol. The number of nitrogens with one attached hydrogen (secondary N) is 2. The SMILES string of the molecule is CNS(=O)(=O)Cc1ccc(CNC(=O)c2ccc(N3CCC[C@H](C)C3)c([N+](=O)[O-])c2)cc1. The predicted octanol–water partition coefficient (Wildman–Crippen LogP) is 2.81. The van der Waals surface area contributed by atoms with Crippen molar-refractivity contribution < 1.29 is 18.1 Å². The number of benzene rings is 2. The molecule has 172 valence electrons. The fraction of sp³-hybridized carbons (Fsp3) is 0.409. The average Bonchev–Trinajstić information content (AvgIpc) is 2.77. The number of anilines is 1. The maximum atomic E-state index is 12.6. The number of sulfonamides is 1. The lowest BCUT2D eigenvalue weighted by atomic mass is 9.99. The number of carbonyl (C=O) groups excluding carboxylic acids is 1. The molecule has 9 nitrogen and oxygen atoms in total. The van der Waals surface area contributed by atoms with Crippen LogP contribution in [0.1, 0.15) is 41.3 Å². The largest absolute Gasteiger partial charge is 0.366 e. The summed E-state index contributed by atoms with van der Waals surface area (Å²) in [6.45, 7) is 3.88. The molecule has 1 amide bonds. The number of piperidine rings is 1. The van der Waals surface area contributed by atoms with Crippen LogP contribution < -0.4 is 14.9 Å². The number of rotatable bonds is 8. The molecule has 10 heteroatoms. The Bertz CT molecular complexity index is 1090. The Morgan fingerprint density at radius 1 is 1.19 bits per heavy atom. The van der Waals surface area contributed by atoms with Gasteiger partial charge in [-0.25, -0.2) is 13.1 Å². The van der Waals surface area contributed by atoms with Gasteiger partial charge in [-0.3, -0.25) is 14.9 Å². The van der Waals surface area contributed by atoms with Gasteiger partial charge < -0.3 is 10.2 Å². The quantitative estimate of drug-likeness (QED) is 0.461. The second-order valence-electron chi connectivity index (χ2n) is 8.12. The fourth-order valence-corrected chi connectivity index (χ4v) is 4.59. The zero-order valence-electron chi connectivity index (χ0n) is 18.2. The lowest BCUT2D eigenvalue weighted by Gasteiger charge is -2.32. The summed E-state index contributed by atoms with van der Waals surface area (Å²) in [6, 6.07) is 11.5. The van der Waals surface area contributed by atoms with Crippen molar-refractivity contribution in [3.05, 3.63) is 69.3 Å². The van der Waals surface area contributed by atoms with E-state index >= 15 is 0 Å². The molecule has 3 rings (SSSR count). The van der Waals surface area contributed by atoms with E-state index in [9.17, 15) is 23.3 Å². The minimum Gasteiger partial charge on any atom is -0.366 e. The average molecular weight is 461 g/mol. The molecule has 1 aliphatic heterocycles. The van der Waals surface area contributed by atoms with E-state index in [1.165, 1.54) is 13.1 Å². The van der Waals surface area contributed by atoms with Gasteiger partial charge in [-0.15, -0.1) is 0 Å². The Labute approximate surface area is 188 Å². The van der Waals surface area contributed by atoms with Gasteiger partial charge in [-0.2, -0.15) is 0 Å². The van der Waals surface area contributed by atoms with Crippen molar-refractivity contribution in [3.63, 3.8) is 0 Å². The highest BCUT2D eigenvalue weighted by Crippen LogP contribution is 2.32. The third-order valence-corrected chi connectivity index (χ3v) is 6.91. The summed E-state index contributed by atoms with van der Waals surface area (Å²) in [5.41, 5.74) is 2.12. The number of nitro benzene ring substituents is 1. The van der Waals surface area contributed by atoms with Crippen LogP contribution in [0.5, 0.6) is 0 Å². The van der Waals surface area contributed by atoms with Crippen LogP contribution in [0.2, 0.25) is 0 Å². The molecule has 32 heavy (non-hydrogen) atoms. The maximum absolute atomic E-state index is 12.6. The van der Waals surface area contributed by atoms with E-state index in [0.29, 0.717) is 17.2 Å². The highest BCUT2D eigenvalue weighted by Gasteiger charge is 2.25. The van der Waals surface area contributed by atoms with Crippen molar-refractivity contribution in [2.24, 2.45) is 5.92 Å². The van der Waals surface area contributed by atoms with Crippen LogP contribution in [-0.4, -0.2) is 39.4 Å². The normalized spacial score (nSPS) is 16.6. The molecule has 2 N–H and O–H groups in total. The van der Waals surface area contributed by atoms with Crippen molar-refractivity contribution in [3.8, 4) is 0 Å². The molecule has 0 spiro atoms. The van der Waals surface area contributed by atoms with Gasteiger partial charge in [0.2, 0.25) is 10.0 Å². The molecular formula is C22H28N4O5S. The summed E-state index contributed by atoms with van der Waals surface area (Å²) < 4.78 is 25.5. The van der Waals surface area contributed by atoms with Crippen molar-refractivity contribution in [2.75, 3.05) is 25.0 Å². The van der Waals surface area contributed by atoms with Gasteiger partial charge in [0.05, 0.1) is 10.7 Å². The van der Waals surface area contributed by atoms with E-state index in [1.807, 2.05) is 4.90 Å². The molecule has 0 bridgehead atoms. The van der Waals surface area contributed by atoms with Crippen LogP contribution in [-0.2, 0) is 22.3 Å². The molecule has 1 saturated heterocycles. The molecule has 0 radical (unpaired) electrons. The van der Waals surface area contributed by atoms with Gasteiger partial charge in [-0.05, 0) is 49.1 Å². The number of nitro groups is 1. The molecule has 2 aromatic carbocycles. The molecule has 0 aromatic heterocycles. The van der Waals surface area contributed by atoms with Crippen LogP contribution in [0.4, 0.5) is 11.4 Å². The van der Waals surface area contributed by atoms with E-state index in [4.69, 9.17) is 0 Å². The zero-order valence-corrected chi connectivity index (χ0v) is 19.0. The van der Waals surface area contributed by atoms with Crippen LogP contribution in [0.15, 0.2) is 42.5 Å². The molecule has 1 aliphatic rings. The highest BCUT2D eigenvalue weighted by atomic mass is 32.2. The smallest absolute Gasteiger partial charge is 0.293 e. The van der Waals surface area contributed by atoms with Crippen molar-refractivity contribution in [1.82, 2.24) is 10.0 Å². The van der Waals surface area contributed by atoms with E-state index in [0.717, 1.165) is 31.5 Å². The Hall–Kier alpha value is -2.98. The summed E-state index contributed by atoms with van der Waals surface area (Å²) in [5, 5.41) is 14.4. The number of hydrogen-bond donors (Lipinski definition) is 2. The maximum Gasteiger partial charge on any atom is 0.293 e. The summed E-state index contributed by atoms with van der Waals surface area (Å²) in [7, 11) is -1.99. The first-order chi connectivity index (χ1) is 15.2. The van der Waals surface area contributed by atoms with Gasteiger partial charge >= 0.3 is 0 Å². The van der Waals surface area contributed by atoms with Crippen LogP contribution >= 0.6 is 0 Å². The van der Waals surface area contributed by atoms with Crippen molar-refractivity contribution in [2.45, 2.75) is 32.1 Å². The topological polar surface area (TPSA) is 122 Å². The van der Waals surface area contributed by atoms with Crippen molar-refractivity contribution >= 4 is 27.3 Å². The standard InChI is InChI=1S/C22H28N4O5S/c1-16-4-3-11-25(14-16)20-10-9-19(12-21(20)26(28)29)22(27)24-13-17-5-7-18(8-6-17)15-32(30,31)23-2/h5-10,12,16,23H,3-4,11,13-15H2,1-2H3,(H,24,27)/t16-/m0/s1. The summed E-state index contributed by atoms with van der Waals surface area (Å²) in [4.78, 5) is 25.8. The molecule has 0 unspecified atom stereocenters. The van der Waals surface area contributed by atoms with Crippen LogP contribution in [0, 0.1) is 16.0 Å². The summed E-state index contributed by atoms with van der Waals surface area (Å²) in [5.74, 6) is -0.0633. The van der Waals surface area contributed by atoms with Gasteiger partial charge in [0.25, 0.3) is 11.6 Å². The molecule has 0 saturated carbocycles. The first kappa shape index (κ1) is 23.7. The Balaban J connectivity index is 1.67. The molecule has 1 fully saturated rings. The minimum absolute atomic E-state index is 0.0677. The Kier molecular flexibility index (Phi) is 7.47. The summed E-state index contributed by atoms with van der Waals surface area (Å²) in [6.07, 6.45) is 2.09. The first-order valence-electron chi connectivity index (χ1n) is 10.5. The third-order valence-electron chi connectivity index (χ3n) is 5.58. The second-order valence-corrected chi connectivity index (χ2v) is 10.0. The molecule has 2 aromatic rings. The fourth-order valence-electron chi connectivity index (χ4n) is 3.82. The number of amides is 1. The number of nitrogens with zero attached hydrogens (tertiary/aromatic N) is 2. The minimum atomic E-state index is -3.35. The Morgan fingerprint density at radius 3 is 2.50 bits per heavy atom. The highest BCUT2D eigenvalue weighted by molar-refractivity contribution is 7.88. The number of carbonyl (C=O) groups is 1. The van der Waals surface area contributed by atoms with Gasteiger partial charge in [0, 0.05) is 31.3 Å². The Morgan fingerprint density at radius 2 is 1.88 bits per heavy atom. The van der Waals surface area contributed by atoms with E-state index in [1.54, 1.807) is 36.4 Å². The molecule has 1 heterocycles. The monoisotopic (exact) mass is 460 g/mol. The second kappa shape index (κ2) is 10.1. The molecule has 0 aliphatic carbocycles. The van der Waals surface area contributed by atoms with Crippen molar-refractivity contribution in [1.29, 1.82) is 0 Å². The zero-order chi connectivity index (χ0) is 23.3. The molecular weight excluding hydrogens is 432 g/mol. The first-order valence-corrected chi connectivity index (χ1v) is 12.1. The van der Waals surface area contributed by atoms with Crippen LogP contribution in [0.25, 0.3) is 0 Å². The number of hydrogen-bond acceptors (Lipinski definition) is 6. The van der Waals surface area contributed by atoms with Gasteiger partial charge in [-0.1, -0.05) is 31.2 Å². The van der Waals surface area contributed by atoms with E-state index in [-0.39, 0.29) is 23.5 Å². The van der Waals surface area contributed by atoms with E-state index in [2.05, 4.69) is 17.0 Å².